The highest BCUT2D eigenvalue weighted by atomic mass is 32.2. The van der Waals surface area contributed by atoms with Gasteiger partial charge in [0.05, 0.1) is 18.8 Å². The maximum atomic E-state index is 12.6. The summed E-state index contributed by atoms with van der Waals surface area (Å²) < 4.78 is 36.0. The highest BCUT2D eigenvalue weighted by Gasteiger charge is 2.20. The Morgan fingerprint density at radius 3 is 3.09 bits per heavy atom. The van der Waals surface area contributed by atoms with Gasteiger partial charge in [-0.05, 0) is 6.07 Å². The normalized spacial score (nSPS) is 14.6. The maximum Gasteiger partial charge on any atom is 0.242 e. The van der Waals surface area contributed by atoms with E-state index in [1.54, 1.807) is 16.1 Å². The molecule has 0 spiro atoms. The first-order valence-corrected chi connectivity index (χ1v) is 9.65. The second-order valence-electron chi connectivity index (χ2n) is 5.32. The number of nitrogens with zero attached hydrogens (tertiary/aromatic N) is 2. The van der Waals surface area contributed by atoms with E-state index in [-0.39, 0.29) is 6.54 Å². The lowest BCUT2D eigenvalue weighted by Crippen LogP contribution is -2.23. The van der Waals surface area contributed by atoms with Crippen LogP contribution >= 0.6 is 11.3 Å². The molecule has 8 heteroatoms. The number of rotatable bonds is 4. The summed E-state index contributed by atoms with van der Waals surface area (Å²) >= 11 is 1.43. The van der Waals surface area contributed by atoms with Crippen molar-refractivity contribution in [3.63, 3.8) is 0 Å². The molecule has 0 unspecified atom stereocenters. The maximum absolute atomic E-state index is 12.6. The van der Waals surface area contributed by atoms with Crippen molar-refractivity contribution in [3.05, 3.63) is 41.4 Å². The monoisotopic (exact) mass is 349 g/mol. The molecule has 1 aliphatic heterocycles. The molecule has 0 fully saturated rings. The van der Waals surface area contributed by atoms with Crippen molar-refractivity contribution >= 4 is 31.4 Å². The number of ether oxygens (including phenoxy) is 1. The molecule has 1 aromatic carbocycles. The molecule has 1 aliphatic rings. The lowest BCUT2D eigenvalue weighted by Gasteiger charge is -2.13. The predicted octanol–water partition coefficient (Wildman–Crippen LogP) is 2.36. The SMILES string of the molecule is O=S(=O)(NCc1cc2n(n1)CCCO2)c1csc2ccccc12. The average Bonchev–Trinajstić information content (AvgIpc) is 3.17. The van der Waals surface area contributed by atoms with E-state index < -0.39 is 10.0 Å². The van der Waals surface area contributed by atoms with Crippen LogP contribution in [0.25, 0.3) is 10.1 Å². The van der Waals surface area contributed by atoms with Crippen LogP contribution in [0.3, 0.4) is 0 Å². The fourth-order valence-electron chi connectivity index (χ4n) is 2.61. The number of aryl methyl sites for hydroxylation is 1. The number of hydrogen-bond donors (Lipinski definition) is 1. The van der Waals surface area contributed by atoms with Crippen LogP contribution in [-0.4, -0.2) is 24.8 Å². The van der Waals surface area contributed by atoms with Gasteiger partial charge in [0.15, 0.2) is 0 Å². The van der Waals surface area contributed by atoms with Crippen molar-refractivity contribution in [3.8, 4) is 5.88 Å². The molecule has 120 valence electrons. The van der Waals surface area contributed by atoms with Gasteiger partial charge in [-0.2, -0.15) is 5.10 Å². The van der Waals surface area contributed by atoms with E-state index in [0.29, 0.717) is 23.1 Å². The fourth-order valence-corrected chi connectivity index (χ4v) is 5.11. The zero-order chi connectivity index (χ0) is 15.9. The highest BCUT2D eigenvalue weighted by Crippen LogP contribution is 2.29. The van der Waals surface area contributed by atoms with Crippen LogP contribution in [0.5, 0.6) is 5.88 Å². The Hall–Kier alpha value is -1.90. The third-order valence-electron chi connectivity index (χ3n) is 3.74. The summed E-state index contributed by atoms with van der Waals surface area (Å²) in [6, 6.07) is 9.27. The zero-order valence-corrected chi connectivity index (χ0v) is 13.9. The first-order chi connectivity index (χ1) is 11.1. The summed E-state index contributed by atoms with van der Waals surface area (Å²) in [5, 5.41) is 6.79. The number of hydrogen-bond acceptors (Lipinski definition) is 5. The summed E-state index contributed by atoms with van der Waals surface area (Å²) in [7, 11) is -3.57. The topological polar surface area (TPSA) is 73.2 Å². The molecule has 0 saturated heterocycles. The summed E-state index contributed by atoms with van der Waals surface area (Å²) in [5.74, 6) is 0.700. The molecule has 3 heterocycles. The number of benzene rings is 1. The van der Waals surface area contributed by atoms with E-state index in [1.807, 2.05) is 24.3 Å². The number of thiophene rings is 1. The molecule has 23 heavy (non-hydrogen) atoms. The minimum atomic E-state index is -3.57. The Bertz CT molecular complexity index is 936. The molecule has 0 amide bonds. The van der Waals surface area contributed by atoms with Crippen LogP contribution in [0, 0.1) is 0 Å². The van der Waals surface area contributed by atoms with Gasteiger partial charge in [0, 0.05) is 34.5 Å². The Labute approximate surface area is 137 Å². The third kappa shape index (κ3) is 2.73. The summed E-state index contributed by atoms with van der Waals surface area (Å²) in [6.45, 7) is 1.63. The lowest BCUT2D eigenvalue weighted by atomic mass is 10.3. The Morgan fingerprint density at radius 1 is 1.35 bits per heavy atom. The van der Waals surface area contributed by atoms with Gasteiger partial charge in [0.25, 0.3) is 0 Å². The molecule has 0 saturated carbocycles. The Balaban J connectivity index is 1.57. The lowest BCUT2D eigenvalue weighted by molar-refractivity contribution is 0.230. The molecule has 2 aromatic heterocycles. The molecule has 0 aliphatic carbocycles. The second kappa shape index (κ2) is 5.63. The average molecular weight is 349 g/mol. The molecule has 1 N–H and O–H groups in total. The fraction of sp³-hybridized carbons (Fsp3) is 0.267. The zero-order valence-electron chi connectivity index (χ0n) is 12.2. The molecular weight excluding hydrogens is 334 g/mol. The number of aromatic nitrogens is 2. The molecule has 6 nitrogen and oxygen atoms in total. The number of nitrogens with one attached hydrogen (secondary N) is 1. The van der Waals surface area contributed by atoms with E-state index in [9.17, 15) is 8.42 Å². The Morgan fingerprint density at radius 2 is 2.22 bits per heavy atom. The molecule has 0 radical (unpaired) electrons. The molecule has 4 rings (SSSR count). The van der Waals surface area contributed by atoms with Crippen molar-refractivity contribution < 1.29 is 13.2 Å². The summed E-state index contributed by atoms with van der Waals surface area (Å²) in [4.78, 5) is 0.318. The quantitative estimate of drug-likeness (QED) is 0.785. The summed E-state index contributed by atoms with van der Waals surface area (Å²) in [5.41, 5.74) is 0.657. The minimum absolute atomic E-state index is 0.149. The second-order valence-corrected chi connectivity index (χ2v) is 7.97. The van der Waals surface area contributed by atoms with Gasteiger partial charge in [-0.25, -0.2) is 17.8 Å². The van der Waals surface area contributed by atoms with Gasteiger partial charge < -0.3 is 4.74 Å². The van der Waals surface area contributed by atoms with E-state index in [0.717, 1.165) is 23.1 Å². The number of sulfonamides is 1. The van der Waals surface area contributed by atoms with Crippen molar-refractivity contribution in [2.45, 2.75) is 24.4 Å². The number of fused-ring (bicyclic) bond motifs is 2. The van der Waals surface area contributed by atoms with E-state index in [2.05, 4.69) is 9.82 Å². The van der Waals surface area contributed by atoms with Crippen molar-refractivity contribution in [2.75, 3.05) is 6.61 Å². The van der Waals surface area contributed by atoms with Gasteiger partial charge in [-0.15, -0.1) is 11.3 Å². The van der Waals surface area contributed by atoms with Gasteiger partial charge in [-0.3, -0.25) is 0 Å². The largest absolute Gasteiger partial charge is 0.478 e. The van der Waals surface area contributed by atoms with Crippen LogP contribution < -0.4 is 9.46 Å². The predicted molar refractivity (Wildman–Crippen MR) is 88.2 cm³/mol. The van der Waals surface area contributed by atoms with Crippen LogP contribution in [0.1, 0.15) is 12.1 Å². The van der Waals surface area contributed by atoms with Crippen molar-refractivity contribution in [1.29, 1.82) is 0 Å². The first kappa shape index (κ1) is 14.7. The van der Waals surface area contributed by atoms with Gasteiger partial charge >= 0.3 is 0 Å². The van der Waals surface area contributed by atoms with Crippen molar-refractivity contribution in [1.82, 2.24) is 14.5 Å². The minimum Gasteiger partial charge on any atom is -0.478 e. The van der Waals surface area contributed by atoms with Crippen LogP contribution in [0.15, 0.2) is 40.6 Å². The highest BCUT2D eigenvalue weighted by molar-refractivity contribution is 7.89. The molecule has 0 bridgehead atoms. The van der Waals surface area contributed by atoms with Crippen molar-refractivity contribution in [2.24, 2.45) is 0 Å². The Kier molecular flexibility index (Phi) is 3.59. The van der Waals surface area contributed by atoms with Crippen LogP contribution in [-0.2, 0) is 23.1 Å². The molecule has 3 aromatic rings. The van der Waals surface area contributed by atoms with Gasteiger partial charge in [-0.1, -0.05) is 18.2 Å². The van der Waals surface area contributed by atoms with E-state index in [4.69, 9.17) is 4.74 Å². The van der Waals surface area contributed by atoms with Crippen LogP contribution in [0.2, 0.25) is 0 Å². The standard InChI is InChI=1S/C15H15N3O3S2/c19-23(20,14-10-22-13-5-2-1-4-12(13)14)16-9-11-8-15-18(17-11)6-3-7-21-15/h1-2,4-5,8,10,16H,3,6-7,9H2. The third-order valence-corrected chi connectivity index (χ3v) is 6.29. The van der Waals surface area contributed by atoms with Gasteiger partial charge in [0.2, 0.25) is 15.9 Å². The smallest absolute Gasteiger partial charge is 0.242 e. The summed E-state index contributed by atoms with van der Waals surface area (Å²) in [6.07, 6.45) is 0.917. The van der Waals surface area contributed by atoms with E-state index >= 15 is 0 Å². The molecule has 0 atom stereocenters. The van der Waals surface area contributed by atoms with Gasteiger partial charge in [0.1, 0.15) is 4.90 Å². The van der Waals surface area contributed by atoms with E-state index in [1.165, 1.54) is 11.3 Å². The first-order valence-electron chi connectivity index (χ1n) is 7.29. The molecular formula is C15H15N3O3S2. The van der Waals surface area contributed by atoms with Crippen LogP contribution in [0.4, 0.5) is 0 Å².